The molecule has 2 atom stereocenters. The highest BCUT2D eigenvalue weighted by molar-refractivity contribution is 5.89. The summed E-state index contributed by atoms with van der Waals surface area (Å²) in [6, 6.07) is 10.0. The molecule has 4 N–H and O–H groups in total. The second-order valence-electron chi connectivity index (χ2n) is 7.25. The van der Waals surface area contributed by atoms with E-state index in [1.165, 1.54) is 13.5 Å². The van der Waals surface area contributed by atoms with Crippen molar-refractivity contribution in [2.45, 2.75) is 32.4 Å². The van der Waals surface area contributed by atoms with Crippen molar-refractivity contribution < 1.29 is 30.0 Å². The summed E-state index contributed by atoms with van der Waals surface area (Å²) < 4.78 is 10.6. The lowest BCUT2D eigenvalue weighted by molar-refractivity contribution is -0.136. The number of aliphatic hydroxyl groups is 2. The highest BCUT2D eigenvalue weighted by atomic mass is 16.5. The molecule has 7 heteroatoms. The monoisotopic (exact) mass is 435 g/mol. The first-order chi connectivity index (χ1) is 14.5. The molecule has 174 valence electrons. The van der Waals surface area contributed by atoms with Gasteiger partial charge >= 0.3 is 5.97 Å². The first-order valence-electron chi connectivity index (χ1n) is 10.1. The van der Waals surface area contributed by atoms with Gasteiger partial charge in [-0.25, -0.2) is 4.79 Å². The van der Waals surface area contributed by atoms with Crippen molar-refractivity contribution in [3.05, 3.63) is 71.5 Å². The zero-order chi connectivity index (χ0) is 22.4. The van der Waals surface area contributed by atoms with Crippen LogP contribution in [0.1, 0.15) is 25.3 Å². The van der Waals surface area contributed by atoms with Gasteiger partial charge in [-0.05, 0) is 49.6 Å². The summed E-state index contributed by atoms with van der Waals surface area (Å²) in [6.45, 7) is 4.24. The molecular weight excluding hydrogens is 398 g/mol. The lowest BCUT2D eigenvalue weighted by Gasteiger charge is -2.19. The molecule has 0 amide bonds. The minimum atomic E-state index is -0.281. The minimum Gasteiger partial charge on any atom is -0.492 e. The number of likely N-dealkylation sites (tertiary alicyclic amines) is 1. The van der Waals surface area contributed by atoms with E-state index in [1.807, 2.05) is 48.6 Å². The molecule has 2 aliphatic rings. The van der Waals surface area contributed by atoms with E-state index >= 15 is 0 Å². The van der Waals surface area contributed by atoms with E-state index in [-0.39, 0.29) is 18.1 Å². The molecule has 1 aromatic carbocycles. The van der Waals surface area contributed by atoms with Crippen molar-refractivity contribution in [2.75, 3.05) is 34.4 Å². The van der Waals surface area contributed by atoms with Gasteiger partial charge in [-0.15, -0.1) is 0 Å². The molecule has 1 fully saturated rings. The molecule has 0 bridgehead atoms. The number of methoxy groups -OCH3 is 1. The number of allylic oxidation sites excluding steroid dienone is 4. The molecule has 0 aromatic heterocycles. The van der Waals surface area contributed by atoms with Crippen molar-refractivity contribution in [1.82, 2.24) is 4.90 Å². The standard InChI is InChI=1S/C16H23NO3.C7H8O.CH4O.H2O/c1-12-9-14(17(2)10-12)11-20-15-6-4-5-13(7-8-15)16(18)19-3;8-6-7-4-2-1-3-5-7;1-2;/h4,6-8,12,14H,5,9-11H2,1-3H3;1-5,8H,6H2;2H,1H3;1H2/t12-,14?;;;/m0.../s1. The predicted molar refractivity (Wildman–Crippen MR) is 122 cm³/mol. The van der Waals surface area contributed by atoms with E-state index in [0.717, 1.165) is 30.9 Å². The number of benzene rings is 1. The normalized spacial score (nSPS) is 19.8. The van der Waals surface area contributed by atoms with Crippen LogP contribution < -0.4 is 0 Å². The molecule has 1 heterocycles. The maximum absolute atomic E-state index is 11.5. The van der Waals surface area contributed by atoms with Gasteiger partial charge in [0.15, 0.2) is 0 Å². The zero-order valence-corrected chi connectivity index (χ0v) is 19.0. The molecule has 0 saturated carbocycles. The van der Waals surface area contributed by atoms with Crippen molar-refractivity contribution >= 4 is 5.97 Å². The van der Waals surface area contributed by atoms with Gasteiger partial charge in [0.1, 0.15) is 12.4 Å². The predicted octanol–water partition coefficient (Wildman–Crippen LogP) is 2.25. The van der Waals surface area contributed by atoms with Gasteiger partial charge in [0, 0.05) is 25.3 Å². The summed E-state index contributed by atoms with van der Waals surface area (Å²) in [4.78, 5) is 13.8. The maximum atomic E-state index is 11.5. The number of nitrogens with zero attached hydrogens (tertiary/aromatic N) is 1. The van der Waals surface area contributed by atoms with E-state index in [0.29, 0.717) is 24.6 Å². The highest BCUT2D eigenvalue weighted by Crippen LogP contribution is 2.22. The van der Waals surface area contributed by atoms with Gasteiger partial charge in [-0.2, -0.15) is 0 Å². The molecule has 1 unspecified atom stereocenters. The third-order valence-corrected chi connectivity index (χ3v) is 4.88. The molecule has 7 nitrogen and oxygen atoms in total. The van der Waals surface area contributed by atoms with E-state index in [1.54, 1.807) is 6.08 Å². The van der Waals surface area contributed by atoms with Gasteiger partial charge in [0.05, 0.1) is 13.7 Å². The van der Waals surface area contributed by atoms with E-state index in [4.69, 9.17) is 19.7 Å². The largest absolute Gasteiger partial charge is 0.492 e. The lowest BCUT2D eigenvalue weighted by Crippen LogP contribution is -2.29. The Morgan fingerprint density at radius 1 is 1.19 bits per heavy atom. The number of carbonyl (C=O) groups excluding carboxylic acids is 1. The third-order valence-electron chi connectivity index (χ3n) is 4.88. The Labute approximate surface area is 185 Å². The van der Waals surface area contributed by atoms with Crippen LogP contribution in [0.3, 0.4) is 0 Å². The molecule has 1 aliphatic heterocycles. The number of esters is 1. The summed E-state index contributed by atoms with van der Waals surface area (Å²) in [5, 5.41) is 15.5. The van der Waals surface area contributed by atoms with Crippen LogP contribution in [-0.4, -0.2) is 67.0 Å². The summed E-state index contributed by atoms with van der Waals surface area (Å²) in [7, 11) is 4.54. The van der Waals surface area contributed by atoms with Crippen LogP contribution in [-0.2, 0) is 20.9 Å². The number of rotatable bonds is 5. The van der Waals surface area contributed by atoms with Gasteiger partial charge in [0.25, 0.3) is 0 Å². The lowest BCUT2D eigenvalue weighted by atomic mass is 10.1. The van der Waals surface area contributed by atoms with Crippen molar-refractivity contribution in [3.63, 3.8) is 0 Å². The minimum absolute atomic E-state index is 0. The average Bonchev–Trinajstić information content (AvgIpc) is 2.97. The Balaban J connectivity index is 0.000000687. The smallest absolute Gasteiger partial charge is 0.334 e. The fourth-order valence-electron chi connectivity index (χ4n) is 3.32. The van der Waals surface area contributed by atoms with Crippen LogP contribution in [0, 0.1) is 5.92 Å². The molecule has 1 aromatic rings. The number of aliphatic hydroxyl groups excluding tert-OH is 2. The molecule has 1 saturated heterocycles. The Morgan fingerprint density at radius 3 is 2.39 bits per heavy atom. The van der Waals surface area contributed by atoms with Crippen LogP contribution >= 0.6 is 0 Å². The Morgan fingerprint density at radius 2 is 1.87 bits per heavy atom. The van der Waals surface area contributed by atoms with Crippen LogP contribution in [0.15, 0.2) is 66.0 Å². The Kier molecular flexibility index (Phi) is 15.0. The fraction of sp³-hybridized carbons (Fsp3) is 0.458. The molecule has 31 heavy (non-hydrogen) atoms. The summed E-state index contributed by atoms with van der Waals surface area (Å²) in [5.41, 5.74) is 1.61. The second kappa shape index (κ2) is 16.3. The number of hydrogen-bond acceptors (Lipinski definition) is 6. The number of carbonyl (C=O) groups is 1. The maximum Gasteiger partial charge on any atom is 0.334 e. The highest BCUT2D eigenvalue weighted by Gasteiger charge is 2.27. The van der Waals surface area contributed by atoms with Crippen molar-refractivity contribution in [3.8, 4) is 0 Å². The van der Waals surface area contributed by atoms with Crippen LogP contribution in [0.4, 0.5) is 0 Å². The number of hydrogen-bond donors (Lipinski definition) is 2. The van der Waals surface area contributed by atoms with E-state index in [2.05, 4.69) is 18.9 Å². The molecule has 1 aliphatic carbocycles. The van der Waals surface area contributed by atoms with Crippen LogP contribution in [0.2, 0.25) is 0 Å². The first-order valence-corrected chi connectivity index (χ1v) is 10.1. The number of likely N-dealkylation sites (N-methyl/N-ethyl adjacent to an activating group) is 1. The fourth-order valence-corrected chi connectivity index (χ4v) is 3.32. The first kappa shape index (κ1) is 28.5. The van der Waals surface area contributed by atoms with Crippen molar-refractivity contribution in [2.24, 2.45) is 5.92 Å². The van der Waals surface area contributed by atoms with E-state index in [9.17, 15) is 4.79 Å². The van der Waals surface area contributed by atoms with Gasteiger partial charge in [-0.1, -0.05) is 43.3 Å². The molecule has 0 radical (unpaired) electrons. The molecule has 0 spiro atoms. The molecule has 3 rings (SSSR count). The SMILES string of the molecule is CO.COC(=O)C1=CC=C(OCC2C[C@H](C)CN2C)C=CC1.O.OCc1ccccc1. The quantitative estimate of drug-likeness (QED) is 0.687. The number of ether oxygens (including phenoxy) is 2. The van der Waals surface area contributed by atoms with Crippen LogP contribution in [0.25, 0.3) is 0 Å². The Bertz CT molecular complexity index is 714. The summed E-state index contributed by atoms with van der Waals surface area (Å²) in [5.74, 6) is 1.26. The van der Waals surface area contributed by atoms with Gasteiger partial charge in [-0.3, -0.25) is 4.90 Å². The second-order valence-corrected chi connectivity index (χ2v) is 7.25. The summed E-state index contributed by atoms with van der Waals surface area (Å²) in [6.07, 6.45) is 9.23. The average molecular weight is 436 g/mol. The van der Waals surface area contributed by atoms with Gasteiger partial charge in [0.2, 0.25) is 0 Å². The van der Waals surface area contributed by atoms with Crippen LogP contribution in [0.5, 0.6) is 0 Å². The molecular formula is C24H37NO6. The zero-order valence-electron chi connectivity index (χ0n) is 19.0. The van der Waals surface area contributed by atoms with Crippen molar-refractivity contribution in [1.29, 1.82) is 0 Å². The van der Waals surface area contributed by atoms with E-state index < -0.39 is 0 Å². The third kappa shape index (κ3) is 10.4. The topological polar surface area (TPSA) is 111 Å². The van der Waals surface area contributed by atoms with Gasteiger partial charge < -0.3 is 25.2 Å². The Hall–Kier alpha value is -2.45. The summed E-state index contributed by atoms with van der Waals surface area (Å²) >= 11 is 0.